The molecule has 1 unspecified atom stereocenters. The zero-order valence-electron chi connectivity index (χ0n) is 17.5. The zero-order valence-corrected chi connectivity index (χ0v) is 19.1. The summed E-state index contributed by atoms with van der Waals surface area (Å²) >= 11 is 3.38. The van der Waals surface area contributed by atoms with Crippen molar-refractivity contribution >= 4 is 27.5 Å². The van der Waals surface area contributed by atoms with Crippen LogP contribution in [0.2, 0.25) is 0 Å². The summed E-state index contributed by atoms with van der Waals surface area (Å²) in [6.45, 7) is 0.0889. The van der Waals surface area contributed by atoms with Gasteiger partial charge in [0.2, 0.25) is 0 Å². The third kappa shape index (κ3) is 5.13. The van der Waals surface area contributed by atoms with Crippen molar-refractivity contribution in [1.82, 2.24) is 14.5 Å². The van der Waals surface area contributed by atoms with E-state index >= 15 is 0 Å². The number of hydrogen-bond donors (Lipinski definition) is 3. The Labute approximate surface area is 197 Å². The molecular weight excluding hydrogens is 498 g/mol. The van der Waals surface area contributed by atoms with Gasteiger partial charge in [-0.2, -0.15) is 4.39 Å². The monoisotopic (exact) mass is 520 g/mol. The van der Waals surface area contributed by atoms with Gasteiger partial charge in [0.15, 0.2) is 11.7 Å². The molecule has 33 heavy (non-hydrogen) atoms. The molecule has 7 nitrogen and oxygen atoms in total. The van der Waals surface area contributed by atoms with Gasteiger partial charge in [-0.25, -0.2) is 14.4 Å². The van der Waals surface area contributed by atoms with Crippen molar-refractivity contribution in [2.75, 3.05) is 11.9 Å². The maximum atomic E-state index is 14.6. The summed E-state index contributed by atoms with van der Waals surface area (Å²) in [6.07, 6.45) is 1.70. The average molecular weight is 521 g/mol. The fourth-order valence-electron chi connectivity index (χ4n) is 4.18. The second kappa shape index (κ2) is 10.1. The molecule has 0 spiro atoms. The molecule has 1 aliphatic carbocycles. The number of rotatable bonds is 8. The topological polar surface area (TPSA) is 100 Å². The summed E-state index contributed by atoms with van der Waals surface area (Å²) in [4.78, 5) is 21.1. The van der Waals surface area contributed by atoms with Crippen LogP contribution in [0.5, 0.6) is 0 Å². The minimum absolute atomic E-state index is 0.0735. The molecule has 3 N–H and O–H groups in total. The van der Waals surface area contributed by atoms with E-state index in [1.54, 1.807) is 0 Å². The molecule has 0 aliphatic heterocycles. The lowest BCUT2D eigenvalue weighted by Crippen LogP contribution is -2.32. The summed E-state index contributed by atoms with van der Waals surface area (Å²) in [6, 6.07) is 7.79. The molecule has 2 aromatic heterocycles. The molecule has 1 aliphatic rings. The Morgan fingerprint density at radius 1 is 1.33 bits per heavy atom. The fourth-order valence-corrected chi connectivity index (χ4v) is 4.63. The lowest BCUT2D eigenvalue weighted by Gasteiger charge is -2.18. The molecular formula is C23H23BrF2N4O3. The number of nitrogens with zero attached hydrogens (tertiary/aromatic N) is 3. The number of hydrogen-bond acceptors (Lipinski definition) is 6. The standard InChI is InChI=1S/C23H23BrF2N4O3/c24-16-3-1-2-13(6-16)10-30-11-15(8-19(30)25)21(32)17-9-27-12-28-23(17)29-18-7-14(4-5-31)22(33)20(18)26/h1-3,6,8-9,11-12,14,18,20,22,31,33H,4-5,7,10H2,(H,27,28,29)/t14?,18-,20-,22-/m1/s1. The van der Waals surface area contributed by atoms with Crippen molar-refractivity contribution in [3.8, 4) is 0 Å². The quantitative estimate of drug-likeness (QED) is 0.394. The highest BCUT2D eigenvalue weighted by Gasteiger charge is 2.43. The Morgan fingerprint density at radius 2 is 2.15 bits per heavy atom. The van der Waals surface area contributed by atoms with E-state index in [9.17, 15) is 18.7 Å². The van der Waals surface area contributed by atoms with E-state index in [-0.39, 0.29) is 42.9 Å². The average Bonchev–Trinajstić information content (AvgIpc) is 3.28. The van der Waals surface area contributed by atoms with Crippen molar-refractivity contribution < 1.29 is 23.8 Å². The number of nitrogens with one attached hydrogen (secondary N) is 1. The van der Waals surface area contributed by atoms with Crippen LogP contribution in [0.3, 0.4) is 0 Å². The van der Waals surface area contributed by atoms with E-state index < -0.39 is 36.0 Å². The number of halogens is 3. The van der Waals surface area contributed by atoms with Gasteiger partial charge in [0.25, 0.3) is 0 Å². The lowest BCUT2D eigenvalue weighted by atomic mass is 10.0. The van der Waals surface area contributed by atoms with E-state index in [2.05, 4.69) is 31.2 Å². The lowest BCUT2D eigenvalue weighted by molar-refractivity contribution is 0.0577. The van der Waals surface area contributed by atoms with Crippen molar-refractivity contribution in [3.05, 3.63) is 76.2 Å². The first-order chi connectivity index (χ1) is 15.9. The molecule has 0 amide bonds. The first kappa shape index (κ1) is 23.5. The molecule has 0 saturated heterocycles. The van der Waals surface area contributed by atoms with Crippen LogP contribution >= 0.6 is 15.9 Å². The number of aromatic nitrogens is 3. The molecule has 10 heteroatoms. The molecule has 3 aromatic rings. The van der Waals surface area contributed by atoms with Crippen LogP contribution in [-0.2, 0) is 6.54 Å². The molecule has 1 saturated carbocycles. The number of carbonyl (C=O) groups is 1. The van der Waals surface area contributed by atoms with E-state index in [4.69, 9.17) is 5.11 Å². The van der Waals surface area contributed by atoms with Gasteiger partial charge in [-0.05, 0) is 36.5 Å². The number of aliphatic hydroxyl groups excluding tert-OH is 2. The Hall–Kier alpha value is -2.69. The molecule has 1 aromatic carbocycles. The summed E-state index contributed by atoms with van der Waals surface area (Å²) in [7, 11) is 0. The normalized spacial score (nSPS) is 22.5. The number of carbonyl (C=O) groups excluding carboxylic acids is 1. The minimum Gasteiger partial charge on any atom is -0.396 e. The Bertz CT molecular complexity index is 1140. The molecule has 0 bridgehead atoms. The molecule has 4 rings (SSSR count). The summed E-state index contributed by atoms with van der Waals surface area (Å²) in [5.74, 6) is -1.37. The molecule has 4 atom stereocenters. The highest BCUT2D eigenvalue weighted by atomic mass is 79.9. The first-order valence-corrected chi connectivity index (χ1v) is 11.3. The van der Waals surface area contributed by atoms with Gasteiger partial charge in [0.05, 0.1) is 17.7 Å². The summed E-state index contributed by atoms with van der Waals surface area (Å²) in [5, 5.41) is 22.1. The van der Waals surface area contributed by atoms with Gasteiger partial charge in [-0.3, -0.25) is 4.79 Å². The number of benzene rings is 1. The SMILES string of the molecule is O=C(c1cc(F)n(Cc2cccc(Br)c2)c1)c1cncnc1N[C@@H]1CC(CCO)[C@@H](O)[C@@H]1F. The third-order valence-corrected chi connectivity index (χ3v) is 6.37. The van der Waals surface area contributed by atoms with Crippen LogP contribution in [0.1, 0.15) is 34.3 Å². The predicted octanol–water partition coefficient (Wildman–Crippen LogP) is 3.34. The van der Waals surface area contributed by atoms with Gasteiger partial charge in [-0.15, -0.1) is 0 Å². The third-order valence-electron chi connectivity index (χ3n) is 5.88. The predicted molar refractivity (Wildman–Crippen MR) is 121 cm³/mol. The Balaban J connectivity index is 1.54. The van der Waals surface area contributed by atoms with Crippen molar-refractivity contribution in [1.29, 1.82) is 0 Å². The van der Waals surface area contributed by atoms with Gasteiger partial charge >= 0.3 is 0 Å². The van der Waals surface area contributed by atoms with Crippen LogP contribution in [0, 0.1) is 11.9 Å². The number of alkyl halides is 1. The maximum absolute atomic E-state index is 14.6. The summed E-state index contributed by atoms with van der Waals surface area (Å²) in [5.41, 5.74) is 1.04. The smallest absolute Gasteiger partial charge is 0.199 e. The van der Waals surface area contributed by atoms with Crippen molar-refractivity contribution in [3.63, 3.8) is 0 Å². The van der Waals surface area contributed by atoms with E-state index in [1.165, 1.54) is 23.3 Å². The van der Waals surface area contributed by atoms with Crippen molar-refractivity contribution in [2.45, 2.75) is 37.7 Å². The molecule has 1 fully saturated rings. The molecule has 0 radical (unpaired) electrons. The van der Waals surface area contributed by atoms with Gasteiger partial charge < -0.3 is 20.1 Å². The Morgan fingerprint density at radius 3 is 2.91 bits per heavy atom. The van der Waals surface area contributed by atoms with E-state index in [0.717, 1.165) is 16.1 Å². The first-order valence-electron chi connectivity index (χ1n) is 10.5. The maximum Gasteiger partial charge on any atom is 0.199 e. The van der Waals surface area contributed by atoms with Gasteiger partial charge in [0, 0.05) is 41.6 Å². The van der Waals surface area contributed by atoms with Crippen LogP contribution in [0.15, 0.2) is 53.5 Å². The number of aliphatic hydroxyl groups is 2. The minimum atomic E-state index is -1.58. The summed E-state index contributed by atoms with van der Waals surface area (Å²) < 4.78 is 31.4. The molecule has 174 valence electrons. The second-order valence-electron chi connectivity index (χ2n) is 8.12. The van der Waals surface area contributed by atoms with Crippen molar-refractivity contribution in [2.24, 2.45) is 5.92 Å². The van der Waals surface area contributed by atoms with Crippen LogP contribution in [0.4, 0.5) is 14.6 Å². The van der Waals surface area contributed by atoms with Crippen LogP contribution < -0.4 is 5.32 Å². The Kier molecular flexibility index (Phi) is 7.16. The van der Waals surface area contributed by atoms with Crippen LogP contribution in [0.25, 0.3) is 0 Å². The fraction of sp³-hybridized carbons (Fsp3) is 0.348. The number of anilines is 1. The zero-order chi connectivity index (χ0) is 23.5. The van der Waals surface area contributed by atoms with Gasteiger partial charge in [-0.1, -0.05) is 28.1 Å². The molecule has 2 heterocycles. The highest BCUT2D eigenvalue weighted by molar-refractivity contribution is 9.10. The largest absolute Gasteiger partial charge is 0.396 e. The highest BCUT2D eigenvalue weighted by Crippen LogP contribution is 2.33. The van der Waals surface area contributed by atoms with Gasteiger partial charge in [0.1, 0.15) is 18.3 Å². The van der Waals surface area contributed by atoms with E-state index in [1.807, 2.05) is 24.3 Å². The van der Waals surface area contributed by atoms with E-state index in [0.29, 0.717) is 0 Å². The second-order valence-corrected chi connectivity index (χ2v) is 9.03. The number of ketones is 1. The van der Waals surface area contributed by atoms with Crippen LogP contribution in [-0.4, -0.2) is 55.5 Å².